The third kappa shape index (κ3) is 1.44. The summed E-state index contributed by atoms with van der Waals surface area (Å²) >= 11 is 0. The van der Waals surface area contributed by atoms with Crippen molar-refractivity contribution in [1.82, 2.24) is 4.98 Å². The maximum Gasteiger partial charge on any atom is 0.266 e. The second kappa shape index (κ2) is 3.34. The molecule has 0 aromatic carbocycles. The van der Waals surface area contributed by atoms with E-state index >= 15 is 0 Å². The zero-order chi connectivity index (χ0) is 9.14. The molecule has 1 aromatic rings. The van der Waals surface area contributed by atoms with Crippen LogP contribution in [0.25, 0.3) is 0 Å². The van der Waals surface area contributed by atoms with Crippen LogP contribution < -0.4 is 10.5 Å². The van der Waals surface area contributed by atoms with E-state index in [2.05, 4.69) is 9.72 Å². The fourth-order valence-electron chi connectivity index (χ4n) is 0.821. The average Bonchev–Trinajstić information content (AvgIpc) is 2.04. The molecule has 0 unspecified atom stereocenters. The molecule has 3 nitrogen and oxygen atoms in total. The van der Waals surface area contributed by atoms with Crippen LogP contribution in [-0.4, -0.2) is 12.1 Å². The van der Waals surface area contributed by atoms with Gasteiger partial charge in [-0.25, -0.2) is 13.8 Å². The van der Waals surface area contributed by atoms with E-state index in [-0.39, 0.29) is 17.1 Å². The Labute approximate surface area is 68.2 Å². The normalized spacial score (nSPS) is 10.3. The zero-order valence-electron chi connectivity index (χ0n) is 6.42. The lowest BCUT2D eigenvalue weighted by Gasteiger charge is -2.06. The zero-order valence-corrected chi connectivity index (χ0v) is 6.42. The summed E-state index contributed by atoms with van der Waals surface area (Å²) in [5.41, 5.74) is 4.98. The lowest BCUT2D eigenvalue weighted by Crippen LogP contribution is -2.00. The van der Waals surface area contributed by atoms with Crippen LogP contribution in [0.4, 0.5) is 14.5 Å². The summed E-state index contributed by atoms with van der Waals surface area (Å²) in [7, 11) is 1.33. The van der Waals surface area contributed by atoms with Gasteiger partial charge in [-0.1, -0.05) is 0 Å². The van der Waals surface area contributed by atoms with Crippen LogP contribution in [0.1, 0.15) is 12.0 Å². The molecule has 1 aromatic heterocycles. The number of rotatable bonds is 2. The van der Waals surface area contributed by atoms with Gasteiger partial charge in [-0.15, -0.1) is 0 Å². The van der Waals surface area contributed by atoms with Gasteiger partial charge in [0, 0.05) is 11.8 Å². The van der Waals surface area contributed by atoms with Gasteiger partial charge in [0.25, 0.3) is 6.43 Å². The van der Waals surface area contributed by atoms with Gasteiger partial charge in [0.05, 0.1) is 7.11 Å². The highest BCUT2D eigenvalue weighted by atomic mass is 19.3. The van der Waals surface area contributed by atoms with Crippen LogP contribution in [0.3, 0.4) is 0 Å². The predicted molar refractivity (Wildman–Crippen MR) is 40.2 cm³/mol. The van der Waals surface area contributed by atoms with Gasteiger partial charge in [0.1, 0.15) is 5.69 Å². The smallest absolute Gasteiger partial charge is 0.266 e. The second-order valence-corrected chi connectivity index (χ2v) is 2.12. The van der Waals surface area contributed by atoms with Gasteiger partial charge in [-0.3, -0.25) is 0 Å². The lowest BCUT2D eigenvalue weighted by molar-refractivity contribution is 0.151. The SMILES string of the molecule is COc1nccc(C(F)F)c1N. The summed E-state index contributed by atoms with van der Waals surface area (Å²) in [6.45, 7) is 0. The second-order valence-electron chi connectivity index (χ2n) is 2.12. The fourth-order valence-corrected chi connectivity index (χ4v) is 0.821. The number of methoxy groups -OCH3 is 1. The van der Waals surface area contributed by atoms with Crippen LogP contribution in [-0.2, 0) is 0 Å². The van der Waals surface area contributed by atoms with Crippen molar-refractivity contribution >= 4 is 5.69 Å². The summed E-state index contributed by atoms with van der Waals surface area (Å²) in [5, 5.41) is 0. The van der Waals surface area contributed by atoms with Gasteiger partial charge in [0.15, 0.2) is 0 Å². The maximum absolute atomic E-state index is 12.2. The molecule has 0 saturated carbocycles. The largest absolute Gasteiger partial charge is 0.480 e. The Balaban J connectivity index is 3.14. The molecule has 0 atom stereocenters. The minimum Gasteiger partial charge on any atom is -0.480 e. The Morgan fingerprint density at radius 1 is 1.58 bits per heavy atom. The van der Waals surface area contributed by atoms with Crippen molar-refractivity contribution in [2.24, 2.45) is 0 Å². The molecule has 66 valence electrons. The highest BCUT2D eigenvalue weighted by Gasteiger charge is 2.14. The molecule has 0 saturated heterocycles. The Kier molecular flexibility index (Phi) is 2.42. The molecule has 12 heavy (non-hydrogen) atoms. The molecule has 0 aliphatic rings. The molecular formula is C7H8F2N2O. The van der Waals surface area contributed by atoms with Crippen molar-refractivity contribution in [3.8, 4) is 5.88 Å². The first kappa shape index (κ1) is 8.70. The number of hydrogen-bond acceptors (Lipinski definition) is 3. The van der Waals surface area contributed by atoms with E-state index in [0.29, 0.717) is 0 Å². The molecule has 1 heterocycles. The van der Waals surface area contributed by atoms with E-state index in [0.717, 1.165) is 0 Å². The van der Waals surface area contributed by atoms with Gasteiger partial charge in [-0.05, 0) is 6.07 Å². The first-order valence-corrected chi connectivity index (χ1v) is 3.23. The average molecular weight is 174 g/mol. The highest BCUT2D eigenvalue weighted by Crippen LogP contribution is 2.29. The molecule has 0 bridgehead atoms. The van der Waals surface area contributed by atoms with Gasteiger partial charge in [0.2, 0.25) is 5.88 Å². The number of ether oxygens (including phenoxy) is 1. The third-order valence-electron chi connectivity index (χ3n) is 1.42. The van der Waals surface area contributed by atoms with Crippen molar-refractivity contribution in [2.45, 2.75) is 6.43 Å². The number of nitrogens with two attached hydrogens (primary N) is 1. The molecular weight excluding hydrogens is 166 g/mol. The molecule has 0 spiro atoms. The summed E-state index contributed by atoms with van der Waals surface area (Å²) in [6, 6.07) is 1.17. The highest BCUT2D eigenvalue weighted by molar-refractivity contribution is 5.54. The van der Waals surface area contributed by atoms with E-state index in [1.807, 2.05) is 0 Å². The Morgan fingerprint density at radius 3 is 2.75 bits per heavy atom. The van der Waals surface area contributed by atoms with Crippen molar-refractivity contribution in [1.29, 1.82) is 0 Å². The first-order chi connectivity index (χ1) is 5.66. The summed E-state index contributed by atoms with van der Waals surface area (Å²) in [6.07, 6.45) is -1.36. The predicted octanol–water partition coefficient (Wildman–Crippen LogP) is 1.61. The number of nitrogen functional groups attached to an aromatic ring is 1. The number of pyridine rings is 1. The Morgan fingerprint density at radius 2 is 2.25 bits per heavy atom. The number of halogens is 2. The molecule has 0 amide bonds. The van der Waals surface area contributed by atoms with Crippen LogP contribution in [0, 0.1) is 0 Å². The van der Waals surface area contributed by atoms with Crippen LogP contribution in [0.15, 0.2) is 12.3 Å². The molecule has 2 N–H and O–H groups in total. The first-order valence-electron chi connectivity index (χ1n) is 3.23. The number of alkyl halides is 2. The minimum atomic E-state index is -2.60. The minimum absolute atomic E-state index is 0.0350. The maximum atomic E-state index is 12.2. The quantitative estimate of drug-likeness (QED) is 0.740. The van der Waals surface area contributed by atoms with Crippen molar-refractivity contribution in [2.75, 3.05) is 12.8 Å². The standard InChI is InChI=1S/C7H8F2N2O/c1-12-7-5(10)4(6(8)9)2-3-11-7/h2-3,6H,10H2,1H3. The summed E-state index contributed by atoms with van der Waals surface area (Å²) < 4.78 is 29.0. The van der Waals surface area contributed by atoms with E-state index in [1.54, 1.807) is 0 Å². The number of anilines is 1. The molecule has 5 heteroatoms. The third-order valence-corrected chi connectivity index (χ3v) is 1.42. The van der Waals surface area contributed by atoms with E-state index in [4.69, 9.17) is 5.73 Å². The van der Waals surface area contributed by atoms with E-state index in [1.165, 1.54) is 19.4 Å². The number of aromatic nitrogens is 1. The number of nitrogens with zero attached hydrogens (tertiary/aromatic N) is 1. The van der Waals surface area contributed by atoms with Crippen molar-refractivity contribution in [3.63, 3.8) is 0 Å². The molecule has 0 radical (unpaired) electrons. The van der Waals surface area contributed by atoms with E-state index in [9.17, 15) is 8.78 Å². The molecule has 0 aliphatic heterocycles. The lowest BCUT2D eigenvalue weighted by atomic mass is 10.2. The van der Waals surface area contributed by atoms with Crippen LogP contribution in [0.2, 0.25) is 0 Å². The number of hydrogen-bond donors (Lipinski definition) is 1. The van der Waals surface area contributed by atoms with Crippen molar-refractivity contribution < 1.29 is 13.5 Å². The Bertz CT molecular complexity index is 278. The Hall–Kier alpha value is -1.39. The van der Waals surface area contributed by atoms with Gasteiger partial charge >= 0.3 is 0 Å². The van der Waals surface area contributed by atoms with Crippen molar-refractivity contribution in [3.05, 3.63) is 17.8 Å². The topological polar surface area (TPSA) is 48.1 Å². The van der Waals surface area contributed by atoms with Gasteiger partial charge in [-0.2, -0.15) is 0 Å². The van der Waals surface area contributed by atoms with Crippen LogP contribution in [0.5, 0.6) is 5.88 Å². The van der Waals surface area contributed by atoms with E-state index < -0.39 is 6.43 Å². The summed E-state index contributed by atoms with van der Waals surface area (Å²) in [4.78, 5) is 3.66. The summed E-state index contributed by atoms with van der Waals surface area (Å²) in [5.74, 6) is 0.0350. The van der Waals surface area contributed by atoms with Gasteiger partial charge < -0.3 is 10.5 Å². The molecule has 1 rings (SSSR count). The monoisotopic (exact) mass is 174 g/mol. The molecule has 0 aliphatic carbocycles. The molecule has 0 fully saturated rings. The van der Waals surface area contributed by atoms with Crippen LogP contribution >= 0.6 is 0 Å². The fraction of sp³-hybridized carbons (Fsp3) is 0.286.